The summed E-state index contributed by atoms with van der Waals surface area (Å²) in [5.41, 5.74) is 7.31. The smallest absolute Gasteiger partial charge is 0.336 e. The first kappa shape index (κ1) is 80.4. The fraction of sp³-hybridized carbons (Fsp3) is 0.0118. The number of nitrogens with zero attached hydrogens (tertiary/aromatic N) is 14. The molecule has 18 rings (SSSR count). The molecule has 0 atom stereocenters. The van der Waals surface area contributed by atoms with E-state index in [9.17, 15) is 58.5 Å². The Bertz CT molecular complexity index is 6410. The summed E-state index contributed by atoms with van der Waals surface area (Å²) in [7, 11) is -4.16. The van der Waals surface area contributed by atoms with Crippen molar-refractivity contribution in [2.24, 2.45) is 0 Å². The van der Waals surface area contributed by atoms with E-state index in [1.807, 2.05) is 91.3 Å². The number of carbonyl (C=O) groups excluding carboxylic acids is 1. The van der Waals surface area contributed by atoms with Crippen LogP contribution in [0.15, 0.2) is 334 Å². The molecular weight excluding hydrogens is 1470 g/mol. The quantitative estimate of drug-likeness (QED) is 0.0647. The minimum atomic E-state index is -4.16. The number of carboxylic acid groups (broad SMARTS) is 1. The first-order chi connectivity index (χ1) is 55.2. The Morgan fingerprint density at radius 3 is 1.48 bits per heavy atom. The molecule has 9 heterocycles. The predicted molar refractivity (Wildman–Crippen MR) is 434 cm³/mol. The molecule has 0 amide bonds. The van der Waals surface area contributed by atoms with Crippen molar-refractivity contribution in [2.45, 2.75) is 11.8 Å². The van der Waals surface area contributed by atoms with Crippen LogP contribution in [0.3, 0.4) is 0 Å². The fourth-order valence-corrected chi connectivity index (χ4v) is 11.9. The van der Waals surface area contributed by atoms with Gasteiger partial charge in [-0.15, -0.1) is 0 Å². The van der Waals surface area contributed by atoms with Crippen LogP contribution < -0.4 is 0 Å². The highest BCUT2D eigenvalue weighted by atomic mass is 32.2. The van der Waals surface area contributed by atoms with Crippen LogP contribution in [0.5, 0.6) is 0 Å². The van der Waals surface area contributed by atoms with E-state index < -0.39 is 25.9 Å². The highest BCUT2D eigenvalue weighted by Gasteiger charge is 2.17. The van der Waals surface area contributed by atoms with Gasteiger partial charge in [-0.05, 0) is 127 Å². The number of carboxylic acids is 1. The fourth-order valence-electron chi connectivity index (χ4n) is 11.2. The minimum absolute atomic E-state index is 0.0857. The van der Waals surface area contributed by atoms with Crippen molar-refractivity contribution < 1.29 is 47.4 Å². The number of benzene rings is 9. The second-order valence-electron chi connectivity index (χ2n) is 23.7. The Labute approximate surface area is 646 Å². The second-order valence-corrected chi connectivity index (χ2v) is 25.1. The number of para-hydroxylation sites is 3. The van der Waals surface area contributed by atoms with Crippen molar-refractivity contribution in [3.8, 4) is 6.07 Å². The standard InChI is InChI=1S/C10H8N2O2.C10H6N2.C10H7NO2.C10H7NO.3C9H6N2O2.C9H7NO3S.C9H7N/c1-7-4-5-9-8(3-2-6-11-9)10(7)12(13)14;11-6-8-5-9-3-1-2-4-10(9)12-7-8;12-10(13)8-5-6-11-9-4-2-1-3-7(8)9;12-7-8-5-6-11-10-4-2-1-3-9(8)10;12-11(13)9-5-1-4-8-7(9)3-2-6-10-8;12-11(13)8-3-4-9-7(6-8)2-1-5-10-9;12-11(13)9-3-1-2-7-6-10-5-4-8(7)9;11-14(12,13)9-3-1-2-7-6-10-5-4-8(7)9;1-2-4-9-7-10-6-5-8(9)3-1/h2-6H,1H3;1-5,7H;1-6H,(H,12,13);1-7H;3*1-6H;1-6H,(H,11,12,13);1-7H. The average molecular weight is 1530 g/mol. The minimum Gasteiger partial charge on any atom is -0.478 e. The van der Waals surface area contributed by atoms with Crippen molar-refractivity contribution >= 4 is 143 Å². The molecule has 0 bridgehead atoms. The van der Waals surface area contributed by atoms with E-state index in [0.29, 0.717) is 71.1 Å². The lowest BCUT2D eigenvalue weighted by molar-refractivity contribution is -0.384. The molecule has 9 aromatic carbocycles. The summed E-state index contributed by atoms with van der Waals surface area (Å²) in [6.07, 6.45) is 20.4. The molecule has 0 aliphatic heterocycles. The lowest BCUT2D eigenvalue weighted by Gasteiger charge is -2.01. The average Bonchev–Trinajstić information content (AvgIpc) is 0.798. The number of nitro groups is 4. The zero-order valence-corrected chi connectivity index (χ0v) is 60.5. The first-order valence-electron chi connectivity index (χ1n) is 33.8. The van der Waals surface area contributed by atoms with Crippen molar-refractivity contribution in [1.29, 1.82) is 5.26 Å². The first-order valence-corrected chi connectivity index (χ1v) is 35.3. The number of carbonyl (C=O) groups is 2. The highest BCUT2D eigenvalue weighted by molar-refractivity contribution is 7.86. The molecule has 29 heteroatoms. The van der Waals surface area contributed by atoms with Crippen LogP contribution >= 0.6 is 0 Å². The molecular formula is C85H60N14O14S. The van der Waals surface area contributed by atoms with Crippen LogP contribution in [-0.4, -0.2) is 94.9 Å². The van der Waals surface area contributed by atoms with Crippen molar-refractivity contribution in [3.05, 3.63) is 392 Å². The molecule has 18 aromatic rings. The number of aldehydes is 1. The van der Waals surface area contributed by atoms with Gasteiger partial charge in [0, 0.05) is 147 Å². The molecule has 2 N–H and O–H groups in total. The van der Waals surface area contributed by atoms with Crippen LogP contribution in [-0.2, 0) is 10.1 Å². The van der Waals surface area contributed by atoms with Gasteiger partial charge < -0.3 is 5.11 Å². The van der Waals surface area contributed by atoms with Crippen LogP contribution in [0, 0.1) is 58.7 Å². The van der Waals surface area contributed by atoms with Gasteiger partial charge in [0.2, 0.25) is 0 Å². The van der Waals surface area contributed by atoms with Crippen molar-refractivity contribution in [2.75, 3.05) is 0 Å². The third-order valence-corrected chi connectivity index (χ3v) is 17.4. The third kappa shape index (κ3) is 21.4. The topological polar surface area (TPSA) is 421 Å². The molecule has 0 spiro atoms. The van der Waals surface area contributed by atoms with Gasteiger partial charge in [-0.2, -0.15) is 13.7 Å². The molecule has 0 aliphatic carbocycles. The Kier molecular flexibility index (Phi) is 27.5. The molecule has 28 nitrogen and oxygen atoms in total. The largest absolute Gasteiger partial charge is 0.478 e. The number of pyridine rings is 9. The number of fused-ring (bicyclic) bond motifs is 9. The maximum atomic E-state index is 11.0. The van der Waals surface area contributed by atoms with E-state index in [0.717, 1.165) is 44.4 Å². The Morgan fingerprint density at radius 1 is 0.395 bits per heavy atom. The molecule has 0 fully saturated rings. The van der Waals surface area contributed by atoms with Gasteiger partial charge in [0.25, 0.3) is 32.9 Å². The van der Waals surface area contributed by atoms with E-state index in [2.05, 4.69) is 63.1 Å². The van der Waals surface area contributed by atoms with E-state index in [4.69, 9.17) is 14.9 Å². The molecule has 0 radical (unpaired) electrons. The van der Waals surface area contributed by atoms with Gasteiger partial charge in [-0.25, -0.2) is 4.79 Å². The SMILES string of the molecule is Cc1ccc2ncccc2c1[N+](=O)[O-].N#Cc1cnc2ccccc2c1.O=C(O)c1ccnc2ccccc12.O=Cc1ccnc2ccccc12.O=S(=O)(O)c1cccc2cnccc12.O=[N+]([O-])c1ccc2ncccc2c1.O=[N+]([O-])c1cccc2cnccc12.O=[N+]([O-])c1cccc2ncccc12.c1ccc2cnccc2c1. The summed E-state index contributed by atoms with van der Waals surface area (Å²) in [6, 6.07) is 76.0. The van der Waals surface area contributed by atoms with Gasteiger partial charge >= 0.3 is 5.97 Å². The van der Waals surface area contributed by atoms with Gasteiger partial charge in [-0.3, -0.25) is 94.7 Å². The zero-order valence-electron chi connectivity index (χ0n) is 59.7. The number of aryl methyl sites for hydroxylation is 1. The number of rotatable bonds is 7. The van der Waals surface area contributed by atoms with Crippen LogP contribution in [0.1, 0.15) is 31.8 Å². The molecule has 0 saturated carbocycles. The van der Waals surface area contributed by atoms with E-state index >= 15 is 0 Å². The molecule has 560 valence electrons. The Balaban J connectivity index is 0.000000136. The third-order valence-electron chi connectivity index (χ3n) is 16.5. The number of nitro benzene ring substituents is 4. The van der Waals surface area contributed by atoms with E-state index in [1.165, 1.54) is 59.6 Å². The normalized spacial score (nSPS) is 10.3. The highest BCUT2D eigenvalue weighted by Crippen LogP contribution is 2.29. The monoisotopic (exact) mass is 1530 g/mol. The maximum Gasteiger partial charge on any atom is 0.336 e. The molecule has 114 heavy (non-hydrogen) atoms. The number of nitriles is 1. The van der Waals surface area contributed by atoms with E-state index in [-0.39, 0.29) is 37.5 Å². The maximum absolute atomic E-state index is 11.0. The lowest BCUT2D eigenvalue weighted by Crippen LogP contribution is -1.98. The van der Waals surface area contributed by atoms with Crippen molar-refractivity contribution in [1.82, 2.24) is 44.9 Å². The van der Waals surface area contributed by atoms with Gasteiger partial charge in [0.15, 0.2) is 6.29 Å². The molecule has 0 unspecified atom stereocenters. The summed E-state index contributed by atoms with van der Waals surface area (Å²) < 4.78 is 30.9. The Hall–Kier alpha value is -16.2. The van der Waals surface area contributed by atoms with Gasteiger partial charge in [0.05, 0.1) is 80.1 Å². The summed E-state index contributed by atoms with van der Waals surface area (Å²) in [5.74, 6) is -0.918. The summed E-state index contributed by atoms with van der Waals surface area (Å²) in [5, 5.41) is 69.5. The summed E-state index contributed by atoms with van der Waals surface area (Å²) >= 11 is 0. The Morgan fingerprint density at radius 2 is 0.851 bits per heavy atom. The number of aromatic nitrogens is 9. The summed E-state index contributed by atoms with van der Waals surface area (Å²) in [6.45, 7) is 1.73. The molecule has 0 aliphatic rings. The number of aromatic carboxylic acids is 1. The van der Waals surface area contributed by atoms with Crippen LogP contribution in [0.2, 0.25) is 0 Å². The molecule has 0 saturated heterocycles. The van der Waals surface area contributed by atoms with Crippen molar-refractivity contribution in [3.63, 3.8) is 0 Å². The predicted octanol–water partition coefficient (Wildman–Crippen LogP) is 18.7. The van der Waals surface area contributed by atoms with Crippen LogP contribution in [0.25, 0.3) is 97.7 Å². The number of non-ortho nitro benzene ring substituents is 3. The van der Waals surface area contributed by atoms with Gasteiger partial charge in [-0.1, -0.05) is 121 Å². The van der Waals surface area contributed by atoms with E-state index in [1.54, 1.807) is 184 Å². The lowest BCUT2D eigenvalue weighted by atomic mass is 10.1. The summed E-state index contributed by atoms with van der Waals surface area (Å²) in [4.78, 5) is 98.4. The van der Waals surface area contributed by atoms with Gasteiger partial charge in [0.1, 0.15) is 11.0 Å². The second kappa shape index (κ2) is 39.1. The number of hydrogen-bond donors (Lipinski definition) is 2. The molecule has 9 aromatic heterocycles. The zero-order chi connectivity index (χ0) is 80.9. The number of hydrogen-bond acceptors (Lipinski definition) is 22. The van der Waals surface area contributed by atoms with Crippen LogP contribution in [0.4, 0.5) is 22.7 Å².